The topological polar surface area (TPSA) is 62.3 Å². The predicted molar refractivity (Wildman–Crippen MR) is 104 cm³/mol. The number of hydrogen-bond donors (Lipinski definition) is 0. The summed E-state index contributed by atoms with van der Waals surface area (Å²) in [5.74, 6) is 0. The van der Waals surface area contributed by atoms with Gasteiger partial charge in [0.2, 0.25) is 0 Å². The van der Waals surface area contributed by atoms with Crippen molar-refractivity contribution >= 4 is 12.2 Å². The van der Waals surface area contributed by atoms with Gasteiger partial charge in [-0.2, -0.15) is 0 Å². The van der Waals surface area contributed by atoms with Crippen LogP contribution in [0, 0.1) is 10.8 Å². The highest BCUT2D eigenvalue weighted by Gasteiger charge is 2.24. The van der Waals surface area contributed by atoms with Gasteiger partial charge in [0.25, 0.3) is 0 Å². The number of rotatable bonds is 9. The third kappa shape index (κ3) is 12.0. The zero-order valence-electron chi connectivity index (χ0n) is 18.2. The molecule has 0 unspecified atom stereocenters. The summed E-state index contributed by atoms with van der Waals surface area (Å²) < 4.78 is 10.7. The molecule has 0 bridgehead atoms. The minimum Gasteiger partial charge on any atom is -0.449 e. The van der Waals surface area contributed by atoms with Gasteiger partial charge in [-0.1, -0.05) is 34.6 Å². The molecule has 7 nitrogen and oxygen atoms in total. The lowest BCUT2D eigenvalue weighted by Gasteiger charge is -2.28. The van der Waals surface area contributed by atoms with Gasteiger partial charge in [-0.3, -0.25) is 0 Å². The van der Waals surface area contributed by atoms with E-state index in [-0.39, 0.29) is 23.0 Å². The Morgan fingerprint density at radius 3 is 1.65 bits per heavy atom. The Bertz CT molecular complexity index is 445. The van der Waals surface area contributed by atoms with Gasteiger partial charge in [0, 0.05) is 39.1 Å². The van der Waals surface area contributed by atoms with Crippen molar-refractivity contribution in [2.24, 2.45) is 10.8 Å². The van der Waals surface area contributed by atoms with Gasteiger partial charge >= 0.3 is 12.2 Å². The van der Waals surface area contributed by atoms with E-state index >= 15 is 0 Å². The number of amides is 2. The van der Waals surface area contributed by atoms with Crippen LogP contribution in [0.25, 0.3) is 0 Å². The highest BCUT2D eigenvalue weighted by molar-refractivity contribution is 5.67. The first-order valence-electron chi connectivity index (χ1n) is 9.14. The Kier molecular flexibility index (Phi) is 9.99. The van der Waals surface area contributed by atoms with E-state index in [2.05, 4.69) is 0 Å². The Morgan fingerprint density at radius 2 is 1.19 bits per heavy atom. The maximum Gasteiger partial charge on any atom is 0.409 e. The van der Waals surface area contributed by atoms with E-state index in [1.54, 1.807) is 23.9 Å². The van der Waals surface area contributed by atoms with Crippen LogP contribution in [0.2, 0.25) is 0 Å². The molecule has 0 heterocycles. The van der Waals surface area contributed by atoms with Crippen molar-refractivity contribution in [3.63, 3.8) is 0 Å². The standard InChI is InChI=1S/C19H39N3O4/c1-18(2,3)14-25-16(23)21(8)11-10-19(4,5)15-26-17(24)22(9)13-12-20(6)7/h10-15H2,1-9H3. The van der Waals surface area contributed by atoms with E-state index in [0.29, 0.717) is 32.7 Å². The van der Waals surface area contributed by atoms with Crippen LogP contribution in [0.4, 0.5) is 9.59 Å². The zero-order chi connectivity index (χ0) is 20.5. The molecule has 7 heteroatoms. The second-order valence-corrected chi connectivity index (χ2v) is 9.23. The molecule has 0 atom stereocenters. The number of carbonyl (C=O) groups is 2. The second-order valence-electron chi connectivity index (χ2n) is 9.23. The summed E-state index contributed by atoms with van der Waals surface area (Å²) in [6.45, 7) is 12.8. The molecule has 0 saturated heterocycles. The first-order chi connectivity index (χ1) is 11.7. The average molecular weight is 374 g/mol. The van der Waals surface area contributed by atoms with Crippen molar-refractivity contribution in [1.82, 2.24) is 14.7 Å². The number of carbonyl (C=O) groups excluding carboxylic acids is 2. The molecular weight excluding hydrogens is 334 g/mol. The molecule has 0 aromatic heterocycles. The fraction of sp³-hybridized carbons (Fsp3) is 0.895. The summed E-state index contributed by atoms with van der Waals surface area (Å²) in [4.78, 5) is 29.2. The maximum absolute atomic E-state index is 12.0. The van der Waals surface area contributed by atoms with Crippen molar-refractivity contribution in [3.05, 3.63) is 0 Å². The summed E-state index contributed by atoms with van der Waals surface area (Å²) in [7, 11) is 7.39. The molecule has 0 aliphatic rings. The molecule has 0 rings (SSSR count). The van der Waals surface area contributed by atoms with Crippen molar-refractivity contribution in [1.29, 1.82) is 0 Å². The smallest absolute Gasteiger partial charge is 0.409 e. The number of likely N-dealkylation sites (N-methyl/N-ethyl adjacent to an activating group) is 2. The summed E-state index contributed by atoms with van der Waals surface area (Å²) in [5, 5.41) is 0. The van der Waals surface area contributed by atoms with Crippen LogP contribution in [0.15, 0.2) is 0 Å². The van der Waals surface area contributed by atoms with Crippen LogP contribution in [0.1, 0.15) is 41.0 Å². The average Bonchev–Trinajstić information content (AvgIpc) is 2.52. The Morgan fingerprint density at radius 1 is 0.731 bits per heavy atom. The molecule has 0 aliphatic carbocycles. The molecule has 26 heavy (non-hydrogen) atoms. The molecule has 154 valence electrons. The second kappa shape index (κ2) is 10.6. The molecule has 2 amide bonds. The monoisotopic (exact) mass is 373 g/mol. The molecular formula is C19H39N3O4. The molecule has 0 aromatic rings. The molecule has 0 spiro atoms. The van der Waals surface area contributed by atoms with E-state index in [4.69, 9.17) is 9.47 Å². The van der Waals surface area contributed by atoms with E-state index in [1.165, 1.54) is 0 Å². The van der Waals surface area contributed by atoms with E-state index in [1.807, 2.05) is 53.6 Å². The third-order valence-corrected chi connectivity index (χ3v) is 3.84. The van der Waals surface area contributed by atoms with Gasteiger partial charge in [-0.25, -0.2) is 9.59 Å². The van der Waals surface area contributed by atoms with Crippen LogP contribution < -0.4 is 0 Å². The largest absolute Gasteiger partial charge is 0.449 e. The van der Waals surface area contributed by atoms with Gasteiger partial charge in [-0.15, -0.1) is 0 Å². The first kappa shape index (κ1) is 24.5. The summed E-state index contributed by atoms with van der Waals surface area (Å²) in [5.41, 5.74) is -0.279. The Balaban J connectivity index is 4.24. The van der Waals surface area contributed by atoms with Crippen LogP contribution in [0.3, 0.4) is 0 Å². The number of ether oxygens (including phenoxy) is 2. The number of nitrogens with zero attached hydrogens (tertiary/aromatic N) is 3. The van der Waals surface area contributed by atoms with Gasteiger partial charge in [-0.05, 0) is 25.9 Å². The van der Waals surface area contributed by atoms with E-state index in [0.717, 1.165) is 6.54 Å². The summed E-state index contributed by atoms with van der Waals surface area (Å²) in [6.07, 6.45) is 0.0667. The van der Waals surface area contributed by atoms with Crippen molar-refractivity contribution < 1.29 is 19.1 Å². The maximum atomic E-state index is 12.0. The minimum absolute atomic E-state index is 0.0530. The van der Waals surface area contributed by atoms with Crippen LogP contribution in [-0.2, 0) is 9.47 Å². The third-order valence-electron chi connectivity index (χ3n) is 3.84. The lowest BCUT2D eigenvalue weighted by molar-refractivity contribution is 0.0570. The highest BCUT2D eigenvalue weighted by atomic mass is 16.6. The molecule has 0 aliphatic heterocycles. The fourth-order valence-electron chi connectivity index (χ4n) is 1.83. The molecule has 0 saturated carbocycles. The SMILES string of the molecule is CN(C)CCN(C)C(=O)OCC(C)(C)CCN(C)C(=O)OCC(C)(C)C. The normalized spacial score (nSPS) is 12.1. The quantitative estimate of drug-likeness (QED) is 0.621. The molecule has 0 N–H and O–H groups in total. The van der Waals surface area contributed by atoms with Gasteiger partial charge < -0.3 is 24.2 Å². The Labute approximate surface area is 159 Å². The predicted octanol–water partition coefficient (Wildman–Crippen LogP) is 3.15. The van der Waals surface area contributed by atoms with Crippen molar-refractivity contribution in [2.45, 2.75) is 41.0 Å². The highest BCUT2D eigenvalue weighted by Crippen LogP contribution is 2.22. The fourth-order valence-corrected chi connectivity index (χ4v) is 1.83. The van der Waals surface area contributed by atoms with Gasteiger partial charge in [0.15, 0.2) is 0 Å². The molecule has 0 aromatic carbocycles. The molecule has 0 radical (unpaired) electrons. The van der Waals surface area contributed by atoms with Crippen LogP contribution >= 0.6 is 0 Å². The van der Waals surface area contributed by atoms with Crippen LogP contribution in [-0.4, -0.2) is 87.9 Å². The van der Waals surface area contributed by atoms with Crippen LogP contribution in [0.5, 0.6) is 0 Å². The van der Waals surface area contributed by atoms with Crippen molar-refractivity contribution in [3.8, 4) is 0 Å². The lowest BCUT2D eigenvalue weighted by atomic mass is 9.90. The summed E-state index contributed by atoms with van der Waals surface area (Å²) >= 11 is 0. The first-order valence-corrected chi connectivity index (χ1v) is 9.14. The minimum atomic E-state index is -0.323. The van der Waals surface area contributed by atoms with Gasteiger partial charge in [0.1, 0.15) is 0 Å². The zero-order valence-corrected chi connectivity index (χ0v) is 18.2. The Hall–Kier alpha value is -1.50. The summed E-state index contributed by atoms with van der Waals surface area (Å²) in [6, 6.07) is 0. The van der Waals surface area contributed by atoms with E-state index in [9.17, 15) is 9.59 Å². The molecule has 0 fully saturated rings. The van der Waals surface area contributed by atoms with Crippen molar-refractivity contribution in [2.75, 3.05) is 61.0 Å². The van der Waals surface area contributed by atoms with E-state index < -0.39 is 0 Å². The van der Waals surface area contributed by atoms with Gasteiger partial charge in [0.05, 0.1) is 13.2 Å². The lowest BCUT2D eigenvalue weighted by Crippen LogP contribution is -2.37. The number of hydrogen-bond acceptors (Lipinski definition) is 5.